The summed E-state index contributed by atoms with van der Waals surface area (Å²) in [5, 5.41) is 6.75. The van der Waals surface area contributed by atoms with Crippen molar-refractivity contribution < 1.29 is 14.3 Å². The molecule has 1 aliphatic rings. The van der Waals surface area contributed by atoms with E-state index < -0.39 is 0 Å². The van der Waals surface area contributed by atoms with Crippen LogP contribution < -0.4 is 20.3 Å². The normalized spacial score (nSPS) is 12.2. The molecule has 1 aromatic heterocycles. The molecule has 0 unspecified atom stereocenters. The van der Waals surface area contributed by atoms with E-state index in [2.05, 4.69) is 10.4 Å². The van der Waals surface area contributed by atoms with Gasteiger partial charge in [-0.1, -0.05) is 0 Å². The molecular weight excluding hydrogens is 286 g/mol. The highest BCUT2D eigenvalue weighted by molar-refractivity contribution is 5.94. The van der Waals surface area contributed by atoms with Crippen LogP contribution in [0.25, 0.3) is 0 Å². The Labute approximate surface area is 126 Å². The molecule has 0 saturated carbocycles. The lowest BCUT2D eigenvalue weighted by Gasteiger charge is -2.07. The summed E-state index contributed by atoms with van der Waals surface area (Å²) in [6.45, 7) is 1.09. The van der Waals surface area contributed by atoms with Crippen LogP contribution in [0.1, 0.15) is 16.8 Å². The minimum atomic E-state index is -0.188. The van der Waals surface area contributed by atoms with Crippen LogP contribution in [0.4, 0.5) is 0 Å². The van der Waals surface area contributed by atoms with Gasteiger partial charge in [-0.05, 0) is 30.7 Å². The Morgan fingerprint density at radius 3 is 3.00 bits per heavy atom. The summed E-state index contributed by atoms with van der Waals surface area (Å²) in [5.41, 5.74) is 0.365. The zero-order valence-electron chi connectivity index (χ0n) is 11.8. The molecule has 0 aliphatic carbocycles. The number of aromatic nitrogens is 2. The third kappa shape index (κ3) is 3.08. The van der Waals surface area contributed by atoms with Gasteiger partial charge in [0.05, 0.1) is 0 Å². The Morgan fingerprint density at radius 1 is 1.27 bits per heavy atom. The number of hydrogen-bond acceptors (Lipinski definition) is 5. The number of nitrogens with zero attached hydrogens (tertiary/aromatic N) is 2. The predicted molar refractivity (Wildman–Crippen MR) is 78.0 cm³/mol. The van der Waals surface area contributed by atoms with Crippen LogP contribution in [-0.4, -0.2) is 29.0 Å². The number of nitrogens with one attached hydrogen (secondary N) is 1. The van der Waals surface area contributed by atoms with E-state index in [4.69, 9.17) is 9.47 Å². The van der Waals surface area contributed by atoms with E-state index in [0.717, 1.165) is 0 Å². The Morgan fingerprint density at radius 2 is 2.14 bits per heavy atom. The molecule has 0 atom stereocenters. The van der Waals surface area contributed by atoms with Gasteiger partial charge in [0.2, 0.25) is 6.79 Å². The first-order valence-corrected chi connectivity index (χ1v) is 6.94. The van der Waals surface area contributed by atoms with E-state index in [1.54, 1.807) is 30.5 Å². The standard InChI is InChI=1S/C15H15N3O4/c19-14-3-1-7-17-18(14)8-2-6-16-15(20)11-4-5-12-13(9-11)22-10-21-12/h1,3-5,7,9H,2,6,8,10H2,(H,16,20). The number of rotatable bonds is 5. The maximum absolute atomic E-state index is 12.0. The molecule has 7 heteroatoms. The number of ether oxygens (including phenoxy) is 2. The predicted octanol–water partition coefficient (Wildman–Crippen LogP) is 0.792. The molecule has 0 fully saturated rings. The SMILES string of the molecule is O=C(NCCCn1ncccc1=O)c1ccc2c(c1)OCO2. The van der Waals surface area contributed by atoms with Crippen molar-refractivity contribution in [2.75, 3.05) is 13.3 Å². The zero-order valence-corrected chi connectivity index (χ0v) is 11.8. The average Bonchev–Trinajstić information content (AvgIpc) is 3.00. The molecule has 1 amide bonds. The van der Waals surface area contributed by atoms with Crippen molar-refractivity contribution in [3.05, 3.63) is 52.4 Å². The van der Waals surface area contributed by atoms with Crippen molar-refractivity contribution in [2.45, 2.75) is 13.0 Å². The smallest absolute Gasteiger partial charge is 0.266 e. The van der Waals surface area contributed by atoms with Gasteiger partial charge in [-0.25, -0.2) is 4.68 Å². The van der Waals surface area contributed by atoms with Gasteiger partial charge in [0.25, 0.3) is 11.5 Å². The van der Waals surface area contributed by atoms with Crippen LogP contribution >= 0.6 is 0 Å². The lowest BCUT2D eigenvalue weighted by molar-refractivity contribution is 0.0952. The molecule has 2 aromatic rings. The van der Waals surface area contributed by atoms with Crippen LogP contribution in [0.15, 0.2) is 41.3 Å². The second kappa shape index (κ2) is 6.30. The van der Waals surface area contributed by atoms with Crippen molar-refractivity contribution in [3.63, 3.8) is 0 Å². The number of carbonyl (C=O) groups excluding carboxylic acids is 1. The molecule has 1 aliphatic heterocycles. The van der Waals surface area contributed by atoms with Crippen molar-refractivity contribution in [3.8, 4) is 11.5 Å². The van der Waals surface area contributed by atoms with Crippen LogP contribution in [0.3, 0.4) is 0 Å². The molecule has 0 spiro atoms. The number of aryl methyl sites for hydroxylation is 1. The van der Waals surface area contributed by atoms with E-state index in [1.807, 2.05) is 0 Å². The van der Waals surface area contributed by atoms with Crippen molar-refractivity contribution in [1.29, 1.82) is 0 Å². The summed E-state index contributed by atoms with van der Waals surface area (Å²) in [6.07, 6.45) is 2.18. The van der Waals surface area contributed by atoms with Crippen LogP contribution in [0.2, 0.25) is 0 Å². The topological polar surface area (TPSA) is 82.5 Å². The summed E-state index contributed by atoms with van der Waals surface area (Å²) in [5.74, 6) is 1.03. The van der Waals surface area contributed by atoms with Crippen molar-refractivity contribution in [2.24, 2.45) is 0 Å². The molecule has 22 heavy (non-hydrogen) atoms. The van der Waals surface area contributed by atoms with E-state index in [1.165, 1.54) is 10.7 Å². The van der Waals surface area contributed by atoms with Crippen LogP contribution in [0, 0.1) is 0 Å². The fourth-order valence-corrected chi connectivity index (χ4v) is 2.13. The van der Waals surface area contributed by atoms with Crippen LogP contribution in [0.5, 0.6) is 11.5 Å². The lowest BCUT2D eigenvalue weighted by atomic mass is 10.2. The Bertz CT molecular complexity index is 742. The summed E-state index contributed by atoms with van der Waals surface area (Å²) < 4.78 is 11.8. The van der Waals surface area contributed by atoms with Gasteiger partial charge in [-0.15, -0.1) is 0 Å². The van der Waals surface area contributed by atoms with Gasteiger partial charge < -0.3 is 14.8 Å². The van der Waals surface area contributed by atoms with Crippen LogP contribution in [-0.2, 0) is 6.54 Å². The van der Waals surface area contributed by atoms with Crippen molar-refractivity contribution >= 4 is 5.91 Å². The first-order chi connectivity index (χ1) is 10.7. The zero-order chi connectivity index (χ0) is 15.4. The second-order valence-electron chi connectivity index (χ2n) is 4.76. The van der Waals surface area contributed by atoms with E-state index in [-0.39, 0.29) is 18.3 Å². The lowest BCUT2D eigenvalue weighted by Crippen LogP contribution is -2.27. The molecule has 1 N–H and O–H groups in total. The molecule has 0 radical (unpaired) electrons. The van der Waals surface area contributed by atoms with Gasteiger partial charge in [-0.2, -0.15) is 5.10 Å². The first-order valence-electron chi connectivity index (χ1n) is 6.94. The molecule has 3 rings (SSSR count). The van der Waals surface area contributed by atoms with Gasteiger partial charge in [0.15, 0.2) is 11.5 Å². The van der Waals surface area contributed by atoms with Gasteiger partial charge >= 0.3 is 0 Å². The summed E-state index contributed by atoms with van der Waals surface area (Å²) in [6, 6.07) is 8.11. The Balaban J connectivity index is 1.50. The Kier molecular flexibility index (Phi) is 4.04. The highest BCUT2D eigenvalue weighted by atomic mass is 16.7. The molecular formula is C15H15N3O4. The minimum absolute atomic E-state index is 0.149. The highest BCUT2D eigenvalue weighted by Crippen LogP contribution is 2.32. The molecule has 7 nitrogen and oxygen atoms in total. The highest BCUT2D eigenvalue weighted by Gasteiger charge is 2.15. The van der Waals surface area contributed by atoms with E-state index in [9.17, 15) is 9.59 Å². The minimum Gasteiger partial charge on any atom is -0.454 e. The summed E-state index contributed by atoms with van der Waals surface area (Å²) in [4.78, 5) is 23.5. The molecule has 114 valence electrons. The maximum Gasteiger partial charge on any atom is 0.266 e. The Hall–Kier alpha value is -2.83. The molecule has 2 heterocycles. The number of amides is 1. The van der Waals surface area contributed by atoms with Gasteiger partial charge in [-0.3, -0.25) is 9.59 Å². The maximum atomic E-state index is 12.0. The number of hydrogen-bond donors (Lipinski definition) is 1. The van der Waals surface area contributed by atoms with Gasteiger partial charge in [0.1, 0.15) is 0 Å². The third-order valence-electron chi connectivity index (χ3n) is 3.25. The average molecular weight is 301 g/mol. The van der Waals surface area contributed by atoms with Crippen molar-refractivity contribution in [1.82, 2.24) is 15.1 Å². The molecule has 0 saturated heterocycles. The largest absolute Gasteiger partial charge is 0.454 e. The fraction of sp³-hybridized carbons (Fsp3) is 0.267. The number of benzene rings is 1. The fourth-order valence-electron chi connectivity index (χ4n) is 2.13. The number of carbonyl (C=O) groups is 1. The van der Waals surface area contributed by atoms with E-state index >= 15 is 0 Å². The van der Waals surface area contributed by atoms with E-state index in [0.29, 0.717) is 36.6 Å². The first kappa shape index (κ1) is 14.1. The summed E-state index contributed by atoms with van der Waals surface area (Å²) >= 11 is 0. The van der Waals surface area contributed by atoms with Gasteiger partial charge in [0, 0.05) is 30.9 Å². The molecule has 0 bridgehead atoms. The monoisotopic (exact) mass is 301 g/mol. The summed E-state index contributed by atoms with van der Waals surface area (Å²) in [7, 11) is 0. The number of fused-ring (bicyclic) bond motifs is 1. The second-order valence-corrected chi connectivity index (χ2v) is 4.76. The molecule has 1 aromatic carbocycles. The quantitative estimate of drug-likeness (QED) is 0.826. The third-order valence-corrected chi connectivity index (χ3v) is 3.25.